The van der Waals surface area contributed by atoms with Crippen LogP contribution in [0.3, 0.4) is 0 Å². The number of aromatic nitrogens is 4. The number of carbonyl (C=O) groups excluding carboxylic acids is 1. The van der Waals surface area contributed by atoms with Crippen molar-refractivity contribution in [2.45, 2.75) is 50.7 Å². The summed E-state index contributed by atoms with van der Waals surface area (Å²) in [6, 6.07) is 20.2. The van der Waals surface area contributed by atoms with Gasteiger partial charge < -0.3 is 46.0 Å². The van der Waals surface area contributed by atoms with E-state index in [-0.39, 0.29) is 75.9 Å². The molecule has 57 heavy (non-hydrogen) atoms. The predicted molar refractivity (Wildman–Crippen MR) is 188 cm³/mol. The number of rotatable bonds is 13. The monoisotopic (exact) mass is 879 g/mol. The van der Waals surface area contributed by atoms with Gasteiger partial charge in [-0.1, -0.05) is 53.5 Å². The van der Waals surface area contributed by atoms with Crippen molar-refractivity contribution in [1.29, 1.82) is 0 Å². The molecule has 0 aliphatic carbocycles. The van der Waals surface area contributed by atoms with Crippen LogP contribution >= 0.6 is 7.75 Å². The normalized spacial score (nSPS) is 20.4. The van der Waals surface area contributed by atoms with E-state index < -0.39 is 77.4 Å². The fraction of sp³-hybridized carbons (Fsp3) is 0.273. The minimum atomic E-state index is -5.03. The quantitative estimate of drug-likeness (QED) is 0.0296. The first-order valence-corrected chi connectivity index (χ1v) is 18.1. The maximum Gasteiger partial charge on any atom is 1.00 e. The number of hydrazine groups is 1. The number of halogens is 1. The number of ether oxygens (including phenoxy) is 3. The fourth-order valence-corrected chi connectivity index (χ4v) is 6.98. The standard InChI is InChI=1S/C33H32N9O12P.BrH.Na/c1-33(2)53-26-24(17-51-55(49,50)38-37-22-14-13-21(41(45)46)15-23(22)42(47)48)52-31(27(26)54-33)40-18-39(16-19-9-5-3-6-10-19)25-28(40)34-32(36-30(25)44)35-29(43)20-11-7-4-8-12-20;;/h3-15,18,24,26-27,31,37H,16-17H2,1-2H3,(H3-,34,35,36,38,43,44,49,50);1H;/q;;+1/p-1. The van der Waals surface area contributed by atoms with Crippen molar-refractivity contribution in [2.75, 3.05) is 17.3 Å². The third-order valence-electron chi connectivity index (χ3n) is 8.66. The number of nitro groups is 2. The van der Waals surface area contributed by atoms with Crippen molar-refractivity contribution in [3.8, 4) is 0 Å². The Bertz CT molecular complexity index is 2410. The van der Waals surface area contributed by atoms with Crippen molar-refractivity contribution in [3.63, 3.8) is 0 Å². The molecular formula is C33H32BrN9NaO12P. The van der Waals surface area contributed by atoms with Gasteiger partial charge >= 0.3 is 40.9 Å². The van der Waals surface area contributed by atoms with E-state index in [0.717, 1.165) is 17.7 Å². The first-order chi connectivity index (χ1) is 26.2. The van der Waals surface area contributed by atoms with Crippen LogP contribution in [0.4, 0.5) is 23.0 Å². The Hall–Kier alpha value is -4.45. The number of hydrogen-bond donors (Lipinski definition) is 4. The molecule has 7 rings (SSSR count). The Morgan fingerprint density at radius 2 is 1.70 bits per heavy atom. The average Bonchev–Trinajstić information content (AvgIpc) is 3.78. The molecule has 2 aromatic heterocycles. The molecule has 5 unspecified atom stereocenters. The van der Waals surface area contributed by atoms with Crippen LogP contribution in [0.2, 0.25) is 0 Å². The van der Waals surface area contributed by atoms with Crippen LogP contribution < -0.4 is 77.5 Å². The first kappa shape index (κ1) is 43.7. The molecule has 4 N–H and O–H groups in total. The zero-order valence-electron chi connectivity index (χ0n) is 30.3. The van der Waals surface area contributed by atoms with Crippen LogP contribution in [-0.4, -0.2) is 61.0 Å². The average molecular weight is 881 g/mol. The van der Waals surface area contributed by atoms with Crippen molar-refractivity contribution in [3.05, 3.63) is 127 Å². The topological polar surface area (TPSA) is 271 Å². The Labute approximate surface area is 354 Å². The number of imidazole rings is 1. The second-order valence-electron chi connectivity index (χ2n) is 12.9. The number of nitro benzene ring substituents is 2. The van der Waals surface area contributed by atoms with E-state index in [0.29, 0.717) is 11.6 Å². The summed E-state index contributed by atoms with van der Waals surface area (Å²) in [5, 5.41) is 27.1. The summed E-state index contributed by atoms with van der Waals surface area (Å²) in [5.41, 5.74) is 1.30. The number of nitrogens with zero attached hydrogens (tertiary/aromatic N) is 5. The zero-order valence-corrected chi connectivity index (χ0v) is 34.7. The van der Waals surface area contributed by atoms with Crippen molar-refractivity contribution in [1.82, 2.24) is 19.7 Å². The summed E-state index contributed by atoms with van der Waals surface area (Å²) in [5.74, 6) is -1.82. The minimum Gasteiger partial charge on any atom is -1.00 e. The zero-order chi connectivity index (χ0) is 39.1. The predicted octanol–water partition coefficient (Wildman–Crippen LogP) is -3.34. The van der Waals surface area contributed by atoms with Gasteiger partial charge in [0.05, 0.1) is 29.1 Å². The Kier molecular flexibility index (Phi) is 13.5. The van der Waals surface area contributed by atoms with E-state index in [1.807, 2.05) is 35.5 Å². The van der Waals surface area contributed by atoms with Gasteiger partial charge in [0.2, 0.25) is 19.5 Å². The summed E-state index contributed by atoms with van der Waals surface area (Å²) >= 11 is 0. The molecule has 0 saturated carbocycles. The molecule has 0 spiro atoms. The van der Waals surface area contributed by atoms with Gasteiger partial charge in [-0.2, -0.15) is 5.20 Å². The second kappa shape index (κ2) is 17.6. The van der Waals surface area contributed by atoms with E-state index in [1.165, 1.54) is 0 Å². The molecule has 21 nitrogen and oxygen atoms in total. The Morgan fingerprint density at radius 1 is 1.04 bits per heavy atom. The number of nitrogens with one attached hydrogen (secondary N) is 4. The summed E-state index contributed by atoms with van der Waals surface area (Å²) < 4.78 is 40.0. The maximum absolute atomic E-state index is 13.7. The van der Waals surface area contributed by atoms with E-state index in [2.05, 4.69) is 20.7 Å². The second-order valence-corrected chi connectivity index (χ2v) is 14.4. The Morgan fingerprint density at radius 3 is 2.37 bits per heavy atom. The number of fused-ring (bicyclic) bond motifs is 2. The molecule has 2 aliphatic heterocycles. The van der Waals surface area contributed by atoms with E-state index in [1.54, 1.807) is 59.6 Å². The van der Waals surface area contributed by atoms with E-state index in [9.17, 15) is 39.3 Å². The van der Waals surface area contributed by atoms with Crippen LogP contribution in [-0.2, 0) is 29.8 Å². The van der Waals surface area contributed by atoms with Crippen LogP contribution in [0.25, 0.3) is 11.2 Å². The molecule has 0 bridgehead atoms. The van der Waals surface area contributed by atoms with Crippen LogP contribution in [0.15, 0.2) is 90.0 Å². The number of aromatic amines is 1. The van der Waals surface area contributed by atoms with Gasteiger partial charge in [-0.05, 0) is 37.6 Å². The number of anilines is 2. The summed E-state index contributed by atoms with van der Waals surface area (Å²) in [6.45, 7) is 2.94. The number of H-pyrrole nitrogens is 1. The van der Waals surface area contributed by atoms with Crippen LogP contribution in [0.1, 0.15) is 36.0 Å². The van der Waals surface area contributed by atoms with Crippen LogP contribution in [0, 0.1) is 20.2 Å². The molecule has 1 amide bonds. The molecule has 0 radical (unpaired) electrons. The van der Waals surface area contributed by atoms with Gasteiger partial charge in [0.1, 0.15) is 24.0 Å². The number of non-ortho nitro benzene ring substituents is 1. The van der Waals surface area contributed by atoms with Gasteiger partial charge in [0.15, 0.2) is 12.1 Å². The molecule has 24 heteroatoms. The molecule has 5 aromatic rings. The molecule has 3 aromatic carbocycles. The van der Waals surface area contributed by atoms with Gasteiger partial charge in [0.25, 0.3) is 23.1 Å². The number of amides is 1. The van der Waals surface area contributed by atoms with Crippen molar-refractivity contribution in [2.24, 2.45) is 0 Å². The van der Waals surface area contributed by atoms with Gasteiger partial charge in [-0.3, -0.25) is 49.3 Å². The number of hydrogen-bond acceptors (Lipinski definition) is 14. The molecular weight excluding hydrogens is 848 g/mol. The molecule has 5 atom stereocenters. The van der Waals surface area contributed by atoms with Crippen LogP contribution in [0.5, 0.6) is 0 Å². The summed E-state index contributed by atoms with van der Waals surface area (Å²) in [6.07, 6.45) is -2.33. The molecule has 4 heterocycles. The first-order valence-electron chi connectivity index (χ1n) is 16.6. The Balaban J connectivity index is 0.00000310. The summed E-state index contributed by atoms with van der Waals surface area (Å²) in [4.78, 5) is 67.7. The molecule has 2 aliphatic rings. The van der Waals surface area contributed by atoms with Gasteiger partial charge in [0, 0.05) is 11.6 Å². The third-order valence-corrected chi connectivity index (χ3v) is 9.53. The number of benzene rings is 3. The molecule has 294 valence electrons. The largest absolute Gasteiger partial charge is 1.00 e. The maximum atomic E-state index is 13.7. The SMILES string of the molecule is CC1(C)OC2C(COP(=O)([O-])NNc3ccc([N+](=O)[O-])cc3[N+](=O)[O-])OC([n+]3cn(Cc4ccccc4)c4c(=O)[nH]c(NC(=O)c5ccccc5)nc43)C2O1.[Br-].[Na+]. The minimum absolute atomic E-state index is 0. The molecule has 2 saturated heterocycles. The fourth-order valence-electron chi connectivity index (χ4n) is 6.31. The van der Waals surface area contributed by atoms with Gasteiger partial charge in [-0.15, -0.1) is 0 Å². The van der Waals surface area contributed by atoms with Gasteiger partial charge in [-0.25, -0.2) is 4.57 Å². The smallest absolute Gasteiger partial charge is 1.00 e. The van der Waals surface area contributed by atoms with Crippen molar-refractivity contribution >= 4 is 47.8 Å². The summed E-state index contributed by atoms with van der Waals surface area (Å²) in [7, 11) is -5.03. The number of carbonyl (C=O) groups is 1. The third kappa shape index (κ3) is 9.65. The van der Waals surface area contributed by atoms with E-state index in [4.69, 9.17) is 18.7 Å². The van der Waals surface area contributed by atoms with Crippen molar-refractivity contribution < 1.29 is 93.9 Å². The van der Waals surface area contributed by atoms with E-state index >= 15 is 0 Å². The molecule has 2 fully saturated rings.